The van der Waals surface area contributed by atoms with Crippen LogP contribution in [0.1, 0.15) is 12.8 Å². The summed E-state index contributed by atoms with van der Waals surface area (Å²) in [6.45, 7) is 0. The zero-order chi connectivity index (χ0) is 14.0. The molecule has 1 atom stereocenters. The van der Waals surface area contributed by atoms with Crippen LogP contribution < -0.4 is 5.32 Å². The van der Waals surface area contributed by atoms with Crippen molar-refractivity contribution in [3.63, 3.8) is 0 Å². The highest BCUT2D eigenvalue weighted by atomic mass is 32.1. The number of hydrogen-bond acceptors (Lipinski definition) is 3. The van der Waals surface area contributed by atoms with E-state index < -0.39 is 23.2 Å². The number of thiocarbonyl (C=S) groups is 1. The summed E-state index contributed by atoms with van der Waals surface area (Å²) < 4.78 is 26.8. The van der Waals surface area contributed by atoms with Crippen LogP contribution in [0.25, 0.3) is 0 Å². The largest absolute Gasteiger partial charge is 0.344 e. The zero-order valence-electron chi connectivity index (χ0n) is 9.82. The van der Waals surface area contributed by atoms with Crippen molar-refractivity contribution in [2.75, 3.05) is 5.32 Å². The molecule has 1 N–H and O–H groups in total. The fraction of sp³-hybridized carbons (Fsp3) is 0.308. The average molecular weight is 280 g/mol. The third kappa shape index (κ3) is 2.93. The minimum Gasteiger partial charge on any atom is -0.344 e. The van der Waals surface area contributed by atoms with Crippen LogP contribution in [0.4, 0.5) is 14.5 Å². The number of nitrogens with one attached hydrogen (secondary N) is 1. The van der Waals surface area contributed by atoms with Gasteiger partial charge in [-0.2, -0.15) is 5.26 Å². The van der Waals surface area contributed by atoms with Crippen LogP contribution in [0.2, 0.25) is 0 Å². The Labute approximate surface area is 114 Å². The van der Waals surface area contributed by atoms with Gasteiger partial charge in [-0.1, -0.05) is 18.3 Å². The summed E-state index contributed by atoms with van der Waals surface area (Å²) in [6, 6.07) is 5.14. The highest BCUT2D eigenvalue weighted by molar-refractivity contribution is 7.80. The number of nitriles is 1. The Hall–Kier alpha value is -1.87. The molecule has 3 nitrogen and oxygen atoms in total. The second-order valence-corrected chi connectivity index (χ2v) is 4.76. The minimum absolute atomic E-state index is 0.144. The van der Waals surface area contributed by atoms with E-state index in [2.05, 4.69) is 5.32 Å². The van der Waals surface area contributed by atoms with Gasteiger partial charge in [0.2, 0.25) is 0 Å². The first-order valence-corrected chi connectivity index (χ1v) is 6.13. The Balaban J connectivity index is 2.16. The lowest BCUT2D eigenvalue weighted by Gasteiger charge is -2.13. The number of carbonyl (C=O) groups is 1. The first-order valence-electron chi connectivity index (χ1n) is 5.73. The summed E-state index contributed by atoms with van der Waals surface area (Å²) >= 11 is 4.91. The van der Waals surface area contributed by atoms with Crippen molar-refractivity contribution in [3.8, 4) is 6.07 Å². The molecule has 0 bridgehead atoms. The van der Waals surface area contributed by atoms with Crippen molar-refractivity contribution in [3.05, 3.63) is 29.8 Å². The second kappa shape index (κ2) is 5.41. The number of Topliss-reactive ketones (excluding diaryl/α,β-unsaturated/α-hetero) is 1. The van der Waals surface area contributed by atoms with Crippen molar-refractivity contribution in [2.24, 2.45) is 11.8 Å². The normalized spacial score (nSPS) is 15.4. The lowest BCUT2D eigenvalue weighted by atomic mass is 10.0. The number of anilines is 1. The number of carbonyl (C=O) groups excluding carboxylic acids is 1. The van der Waals surface area contributed by atoms with Gasteiger partial charge in [0, 0.05) is 5.92 Å². The summed E-state index contributed by atoms with van der Waals surface area (Å²) in [5, 5.41) is 11.3. The van der Waals surface area contributed by atoms with E-state index in [0.29, 0.717) is 0 Å². The van der Waals surface area contributed by atoms with Crippen molar-refractivity contribution in [1.82, 2.24) is 0 Å². The zero-order valence-corrected chi connectivity index (χ0v) is 10.6. The quantitative estimate of drug-likeness (QED) is 0.862. The third-order valence-corrected chi connectivity index (χ3v) is 3.20. The minimum atomic E-state index is -1.15. The number of rotatable bonds is 4. The van der Waals surface area contributed by atoms with Crippen LogP contribution >= 0.6 is 12.2 Å². The van der Waals surface area contributed by atoms with E-state index >= 15 is 0 Å². The Morgan fingerprint density at radius 3 is 2.47 bits per heavy atom. The van der Waals surface area contributed by atoms with E-state index in [1.165, 1.54) is 6.07 Å². The summed E-state index contributed by atoms with van der Waals surface area (Å²) in [5.41, 5.74) is -0.434. The van der Waals surface area contributed by atoms with Gasteiger partial charge in [-0.15, -0.1) is 0 Å². The first kappa shape index (κ1) is 13.6. The molecule has 19 heavy (non-hydrogen) atoms. The van der Waals surface area contributed by atoms with Gasteiger partial charge in [0.25, 0.3) is 0 Å². The third-order valence-electron chi connectivity index (χ3n) is 2.87. The molecule has 0 radical (unpaired) electrons. The molecule has 2 rings (SSSR count). The smallest absolute Gasteiger partial charge is 0.159 e. The van der Waals surface area contributed by atoms with Crippen molar-refractivity contribution in [1.29, 1.82) is 5.26 Å². The molecule has 0 aliphatic heterocycles. The number of ketones is 1. The maximum Gasteiger partial charge on any atom is 0.159 e. The fourth-order valence-corrected chi connectivity index (χ4v) is 1.94. The van der Waals surface area contributed by atoms with Crippen LogP contribution in [0.15, 0.2) is 18.2 Å². The fourth-order valence-electron chi connectivity index (χ4n) is 1.67. The van der Waals surface area contributed by atoms with Crippen molar-refractivity contribution in [2.45, 2.75) is 12.8 Å². The monoisotopic (exact) mass is 280 g/mol. The second-order valence-electron chi connectivity index (χ2n) is 4.32. The van der Waals surface area contributed by atoms with Gasteiger partial charge in [0.05, 0.1) is 6.07 Å². The molecule has 1 aromatic carbocycles. The van der Waals surface area contributed by atoms with E-state index in [0.717, 1.165) is 25.0 Å². The molecule has 0 saturated heterocycles. The Morgan fingerprint density at radius 2 is 2.00 bits per heavy atom. The van der Waals surface area contributed by atoms with Gasteiger partial charge in [-0.05, 0) is 25.0 Å². The van der Waals surface area contributed by atoms with E-state index in [4.69, 9.17) is 17.5 Å². The van der Waals surface area contributed by atoms with E-state index in [1.54, 1.807) is 6.07 Å². The van der Waals surface area contributed by atoms with Crippen LogP contribution in [0, 0.1) is 34.8 Å². The van der Waals surface area contributed by atoms with Crippen LogP contribution in [0.5, 0.6) is 0 Å². The molecule has 6 heteroatoms. The van der Waals surface area contributed by atoms with Gasteiger partial charge in [0.1, 0.15) is 22.3 Å². The number of para-hydroxylation sites is 1. The number of hydrogen-bond donors (Lipinski definition) is 1. The molecule has 1 aliphatic rings. The molecule has 1 unspecified atom stereocenters. The first-order chi connectivity index (χ1) is 9.04. The SMILES string of the molecule is N#CC(C(=O)C1CC1)C(=S)Nc1c(F)cccc1F. The molecule has 0 aromatic heterocycles. The van der Waals surface area contributed by atoms with E-state index in [-0.39, 0.29) is 16.7 Å². The molecule has 0 spiro atoms. The maximum atomic E-state index is 13.4. The molecule has 1 saturated carbocycles. The highest BCUT2D eigenvalue weighted by Gasteiger charge is 2.37. The lowest BCUT2D eigenvalue weighted by Crippen LogP contribution is -2.28. The molecule has 98 valence electrons. The topological polar surface area (TPSA) is 52.9 Å². The highest BCUT2D eigenvalue weighted by Crippen LogP contribution is 2.33. The Kier molecular flexibility index (Phi) is 3.86. The van der Waals surface area contributed by atoms with Gasteiger partial charge in [-0.3, -0.25) is 4.79 Å². The van der Waals surface area contributed by atoms with Gasteiger partial charge < -0.3 is 5.32 Å². The molecule has 1 aromatic rings. The average Bonchev–Trinajstić information content (AvgIpc) is 3.19. The standard InChI is InChI=1S/C13H10F2N2OS/c14-9-2-1-3-10(15)11(9)17-13(19)8(6-16)12(18)7-4-5-7/h1-3,7-8H,4-5H2,(H,17,19). The number of benzene rings is 1. The van der Waals surface area contributed by atoms with Gasteiger partial charge in [-0.25, -0.2) is 8.78 Å². The lowest BCUT2D eigenvalue weighted by molar-refractivity contribution is -0.120. The summed E-state index contributed by atoms with van der Waals surface area (Å²) in [6.07, 6.45) is 1.49. The van der Waals surface area contributed by atoms with Crippen LogP contribution in [0.3, 0.4) is 0 Å². The summed E-state index contributed by atoms with van der Waals surface area (Å²) in [5.74, 6) is -3.22. The molecular formula is C13H10F2N2OS. The van der Waals surface area contributed by atoms with Crippen molar-refractivity contribution < 1.29 is 13.6 Å². The maximum absolute atomic E-state index is 13.4. The predicted octanol–water partition coefficient (Wildman–Crippen LogP) is 2.82. The van der Waals surface area contributed by atoms with Crippen LogP contribution in [-0.2, 0) is 4.79 Å². The van der Waals surface area contributed by atoms with Crippen LogP contribution in [-0.4, -0.2) is 10.8 Å². The molecule has 0 amide bonds. The number of nitrogens with zero attached hydrogens (tertiary/aromatic N) is 1. The molecule has 1 aliphatic carbocycles. The summed E-state index contributed by atoms with van der Waals surface area (Å²) in [7, 11) is 0. The van der Waals surface area contributed by atoms with E-state index in [9.17, 15) is 13.6 Å². The Morgan fingerprint density at radius 1 is 1.42 bits per heavy atom. The molecule has 1 fully saturated rings. The Bertz CT molecular complexity index is 558. The summed E-state index contributed by atoms with van der Waals surface area (Å²) in [4.78, 5) is 11.6. The van der Waals surface area contributed by atoms with E-state index in [1.807, 2.05) is 0 Å². The van der Waals surface area contributed by atoms with Crippen molar-refractivity contribution >= 4 is 28.7 Å². The van der Waals surface area contributed by atoms with Gasteiger partial charge >= 0.3 is 0 Å². The molecule has 0 heterocycles. The number of halogens is 2. The van der Waals surface area contributed by atoms with Gasteiger partial charge in [0.15, 0.2) is 11.7 Å². The molecular weight excluding hydrogens is 270 g/mol. The predicted molar refractivity (Wildman–Crippen MR) is 69.4 cm³/mol.